The summed E-state index contributed by atoms with van der Waals surface area (Å²) in [6.07, 6.45) is 0. The van der Waals surface area contributed by atoms with Crippen LogP contribution >= 0.6 is 0 Å². The standard InChI is InChI=1S/C12H20N/c1-9(2)11-7-6-8-12(10(3)4)13(11)5/h6-10H,1-5H3/q+1. The van der Waals surface area contributed by atoms with Crippen molar-refractivity contribution in [3.63, 3.8) is 0 Å². The van der Waals surface area contributed by atoms with E-state index in [0.29, 0.717) is 11.8 Å². The average Bonchev–Trinajstić information content (AvgIpc) is 2.03. The first-order valence-electron chi connectivity index (χ1n) is 5.03. The van der Waals surface area contributed by atoms with E-state index in [0.717, 1.165) is 0 Å². The largest absolute Gasteiger partial charge is 0.202 e. The minimum atomic E-state index is 0.601. The Morgan fingerprint density at radius 1 is 0.923 bits per heavy atom. The maximum atomic E-state index is 2.31. The first-order chi connectivity index (χ1) is 6.04. The summed E-state index contributed by atoms with van der Waals surface area (Å²) in [7, 11) is 2.16. The van der Waals surface area contributed by atoms with Crippen molar-refractivity contribution in [2.45, 2.75) is 39.5 Å². The van der Waals surface area contributed by atoms with Gasteiger partial charge in [0.1, 0.15) is 7.05 Å². The first-order valence-corrected chi connectivity index (χ1v) is 5.03. The minimum Gasteiger partial charge on any atom is -0.202 e. The predicted molar refractivity (Wildman–Crippen MR) is 55.8 cm³/mol. The number of hydrogen-bond acceptors (Lipinski definition) is 0. The lowest BCUT2D eigenvalue weighted by atomic mass is 10.0. The molecule has 0 amide bonds. The van der Waals surface area contributed by atoms with Gasteiger partial charge in [-0.15, -0.1) is 0 Å². The second-order valence-corrected chi connectivity index (χ2v) is 4.24. The van der Waals surface area contributed by atoms with Crippen molar-refractivity contribution in [2.24, 2.45) is 7.05 Å². The highest BCUT2D eigenvalue weighted by molar-refractivity contribution is 5.08. The molecule has 13 heavy (non-hydrogen) atoms. The molecule has 1 aromatic heterocycles. The SMILES string of the molecule is CC(C)c1cccc(C(C)C)[n+]1C. The lowest BCUT2D eigenvalue weighted by molar-refractivity contribution is -0.688. The Kier molecular flexibility index (Phi) is 3.07. The fourth-order valence-corrected chi connectivity index (χ4v) is 1.78. The molecule has 0 aliphatic rings. The van der Waals surface area contributed by atoms with Crippen LogP contribution < -0.4 is 4.57 Å². The second-order valence-electron chi connectivity index (χ2n) is 4.24. The zero-order valence-electron chi connectivity index (χ0n) is 9.33. The Bertz CT molecular complexity index is 261. The maximum absolute atomic E-state index is 2.31. The van der Waals surface area contributed by atoms with Crippen molar-refractivity contribution in [3.05, 3.63) is 29.6 Å². The van der Waals surface area contributed by atoms with Crippen LogP contribution in [0.25, 0.3) is 0 Å². The quantitative estimate of drug-likeness (QED) is 0.613. The molecule has 1 heterocycles. The molecule has 0 unspecified atom stereocenters. The smallest absolute Gasteiger partial charge is 0.183 e. The van der Waals surface area contributed by atoms with Crippen LogP contribution in [0.3, 0.4) is 0 Å². The molecule has 1 rings (SSSR count). The van der Waals surface area contributed by atoms with Gasteiger partial charge in [0.2, 0.25) is 0 Å². The lowest BCUT2D eigenvalue weighted by Gasteiger charge is -2.08. The topological polar surface area (TPSA) is 3.88 Å². The lowest BCUT2D eigenvalue weighted by Crippen LogP contribution is -2.39. The van der Waals surface area contributed by atoms with E-state index < -0.39 is 0 Å². The Morgan fingerprint density at radius 2 is 1.31 bits per heavy atom. The average molecular weight is 178 g/mol. The summed E-state index contributed by atoms with van der Waals surface area (Å²) in [5.74, 6) is 1.20. The highest BCUT2D eigenvalue weighted by Crippen LogP contribution is 2.14. The molecule has 0 aromatic carbocycles. The Labute approximate surface area is 81.4 Å². The molecular weight excluding hydrogens is 158 g/mol. The fraction of sp³-hybridized carbons (Fsp3) is 0.583. The van der Waals surface area contributed by atoms with Gasteiger partial charge in [-0.3, -0.25) is 0 Å². The molecule has 1 heteroatoms. The summed E-state index contributed by atoms with van der Waals surface area (Å²) in [6.45, 7) is 8.94. The van der Waals surface area contributed by atoms with E-state index in [4.69, 9.17) is 0 Å². The second kappa shape index (κ2) is 3.91. The van der Waals surface area contributed by atoms with Gasteiger partial charge in [-0.25, -0.2) is 4.57 Å². The molecule has 0 radical (unpaired) electrons. The third kappa shape index (κ3) is 2.09. The van der Waals surface area contributed by atoms with E-state index in [2.05, 4.69) is 57.5 Å². The fourth-order valence-electron chi connectivity index (χ4n) is 1.78. The van der Waals surface area contributed by atoms with Crippen molar-refractivity contribution in [1.82, 2.24) is 0 Å². The highest BCUT2D eigenvalue weighted by atomic mass is 15.0. The van der Waals surface area contributed by atoms with Crippen LogP contribution in [0.1, 0.15) is 50.9 Å². The van der Waals surface area contributed by atoms with Crippen LogP contribution in [0.5, 0.6) is 0 Å². The van der Waals surface area contributed by atoms with Crippen molar-refractivity contribution in [2.75, 3.05) is 0 Å². The van der Waals surface area contributed by atoms with Gasteiger partial charge in [0.25, 0.3) is 0 Å². The van der Waals surface area contributed by atoms with Crippen molar-refractivity contribution in [3.8, 4) is 0 Å². The first kappa shape index (κ1) is 10.2. The van der Waals surface area contributed by atoms with E-state index in [1.807, 2.05) is 0 Å². The van der Waals surface area contributed by atoms with Gasteiger partial charge in [-0.2, -0.15) is 0 Å². The molecular formula is C12H20N+. The maximum Gasteiger partial charge on any atom is 0.183 e. The third-order valence-electron chi connectivity index (χ3n) is 2.49. The Hall–Kier alpha value is -0.850. The monoisotopic (exact) mass is 178 g/mol. The third-order valence-corrected chi connectivity index (χ3v) is 2.49. The van der Waals surface area contributed by atoms with Crippen molar-refractivity contribution < 1.29 is 4.57 Å². The van der Waals surface area contributed by atoms with Gasteiger partial charge < -0.3 is 0 Å². The summed E-state index contributed by atoms with van der Waals surface area (Å²) < 4.78 is 2.31. The van der Waals surface area contributed by atoms with Gasteiger partial charge in [0, 0.05) is 24.0 Å². The number of aromatic nitrogens is 1. The molecule has 0 bridgehead atoms. The van der Waals surface area contributed by atoms with Crippen LogP contribution in [0.15, 0.2) is 18.2 Å². The van der Waals surface area contributed by atoms with Gasteiger partial charge >= 0.3 is 0 Å². The molecule has 0 spiro atoms. The zero-order valence-corrected chi connectivity index (χ0v) is 9.33. The molecule has 0 saturated heterocycles. The molecule has 0 aliphatic carbocycles. The number of hydrogen-bond donors (Lipinski definition) is 0. The number of nitrogens with zero attached hydrogens (tertiary/aromatic N) is 1. The molecule has 0 atom stereocenters. The van der Waals surface area contributed by atoms with E-state index in [-0.39, 0.29) is 0 Å². The van der Waals surface area contributed by atoms with E-state index in [1.165, 1.54) is 11.4 Å². The summed E-state index contributed by atoms with van der Waals surface area (Å²) in [4.78, 5) is 0. The van der Waals surface area contributed by atoms with Gasteiger partial charge in [0.15, 0.2) is 11.4 Å². The van der Waals surface area contributed by atoms with E-state index >= 15 is 0 Å². The van der Waals surface area contributed by atoms with Crippen LogP contribution in [0.2, 0.25) is 0 Å². The predicted octanol–water partition coefficient (Wildman–Crippen LogP) is 2.76. The summed E-state index contributed by atoms with van der Waals surface area (Å²) in [5, 5.41) is 0. The Balaban J connectivity index is 3.18. The molecule has 0 saturated carbocycles. The minimum absolute atomic E-state index is 0.601. The molecule has 1 aromatic rings. The van der Waals surface area contributed by atoms with E-state index in [9.17, 15) is 0 Å². The molecule has 0 fully saturated rings. The van der Waals surface area contributed by atoms with Crippen molar-refractivity contribution >= 4 is 0 Å². The van der Waals surface area contributed by atoms with Crippen LogP contribution in [0, 0.1) is 0 Å². The van der Waals surface area contributed by atoms with Gasteiger partial charge in [-0.1, -0.05) is 27.7 Å². The zero-order chi connectivity index (χ0) is 10.0. The normalized spacial score (nSPS) is 11.3. The number of pyridine rings is 1. The van der Waals surface area contributed by atoms with Crippen LogP contribution in [-0.2, 0) is 7.05 Å². The van der Waals surface area contributed by atoms with E-state index in [1.54, 1.807) is 0 Å². The molecule has 1 nitrogen and oxygen atoms in total. The summed E-state index contributed by atoms with van der Waals surface area (Å²) in [6, 6.07) is 6.57. The summed E-state index contributed by atoms with van der Waals surface area (Å²) in [5.41, 5.74) is 2.82. The molecule has 0 N–H and O–H groups in total. The molecule has 0 aliphatic heterocycles. The van der Waals surface area contributed by atoms with Crippen LogP contribution in [0.4, 0.5) is 0 Å². The summed E-state index contributed by atoms with van der Waals surface area (Å²) >= 11 is 0. The van der Waals surface area contributed by atoms with Crippen molar-refractivity contribution in [1.29, 1.82) is 0 Å². The van der Waals surface area contributed by atoms with Gasteiger partial charge in [-0.05, 0) is 6.07 Å². The number of rotatable bonds is 2. The molecule has 72 valence electrons. The Morgan fingerprint density at radius 3 is 1.62 bits per heavy atom. The van der Waals surface area contributed by atoms with Crippen LogP contribution in [-0.4, -0.2) is 0 Å². The van der Waals surface area contributed by atoms with Gasteiger partial charge in [0.05, 0.1) is 0 Å². The highest BCUT2D eigenvalue weighted by Gasteiger charge is 2.16.